The highest BCUT2D eigenvalue weighted by Crippen LogP contribution is 2.38. The maximum Gasteiger partial charge on any atom is 0.131 e. The second-order valence-electron chi connectivity index (χ2n) is 5.91. The third-order valence-corrected chi connectivity index (χ3v) is 4.28. The summed E-state index contributed by atoms with van der Waals surface area (Å²) < 4.78 is 0. The molecule has 2 aliphatic rings. The molecule has 1 saturated carbocycles. The van der Waals surface area contributed by atoms with Crippen molar-refractivity contribution in [2.75, 3.05) is 6.54 Å². The van der Waals surface area contributed by atoms with Crippen molar-refractivity contribution in [2.24, 2.45) is 0 Å². The van der Waals surface area contributed by atoms with E-state index in [-0.39, 0.29) is 0 Å². The van der Waals surface area contributed by atoms with E-state index in [9.17, 15) is 0 Å². The lowest BCUT2D eigenvalue weighted by Crippen LogP contribution is -2.31. The molecular formula is C15H19N5. The first kappa shape index (κ1) is 12.0. The van der Waals surface area contributed by atoms with Crippen LogP contribution in [-0.4, -0.2) is 31.4 Å². The quantitative estimate of drug-likeness (QED) is 0.925. The van der Waals surface area contributed by atoms with Gasteiger partial charge in [-0.15, -0.1) is 0 Å². The van der Waals surface area contributed by atoms with Crippen LogP contribution in [-0.2, 0) is 19.5 Å². The smallest absolute Gasteiger partial charge is 0.131 e. The third kappa shape index (κ3) is 2.22. The molecule has 1 aliphatic heterocycles. The van der Waals surface area contributed by atoms with Crippen molar-refractivity contribution in [2.45, 2.75) is 45.2 Å². The number of aromatic amines is 1. The molecule has 2 aromatic heterocycles. The second kappa shape index (κ2) is 4.66. The predicted octanol–water partition coefficient (Wildman–Crippen LogP) is 1.94. The zero-order valence-corrected chi connectivity index (χ0v) is 11.8. The first-order valence-electron chi connectivity index (χ1n) is 7.35. The number of aromatic nitrogens is 4. The highest BCUT2D eigenvalue weighted by atomic mass is 15.1. The van der Waals surface area contributed by atoms with Gasteiger partial charge in [0.25, 0.3) is 0 Å². The number of hydrogen-bond donors (Lipinski definition) is 1. The van der Waals surface area contributed by atoms with Crippen molar-refractivity contribution in [3.8, 4) is 0 Å². The molecule has 3 heterocycles. The number of H-pyrrole nitrogens is 1. The fourth-order valence-corrected chi connectivity index (χ4v) is 2.82. The van der Waals surface area contributed by atoms with Crippen LogP contribution in [0.25, 0.3) is 0 Å². The van der Waals surface area contributed by atoms with E-state index in [4.69, 9.17) is 4.98 Å². The van der Waals surface area contributed by atoms with E-state index in [0.29, 0.717) is 5.92 Å². The number of rotatable bonds is 3. The van der Waals surface area contributed by atoms with Crippen LogP contribution in [0, 0.1) is 6.92 Å². The fourth-order valence-electron chi connectivity index (χ4n) is 2.82. The number of imidazole rings is 1. The van der Waals surface area contributed by atoms with Gasteiger partial charge in [0.2, 0.25) is 0 Å². The van der Waals surface area contributed by atoms with Crippen LogP contribution in [0.2, 0.25) is 0 Å². The summed E-state index contributed by atoms with van der Waals surface area (Å²) in [5.41, 5.74) is 4.85. The molecule has 0 spiro atoms. The van der Waals surface area contributed by atoms with E-state index >= 15 is 0 Å². The van der Waals surface area contributed by atoms with Crippen molar-refractivity contribution >= 4 is 0 Å². The Morgan fingerprint density at radius 1 is 1.35 bits per heavy atom. The SMILES string of the molecule is Cc1[nH]cnc1CN1CCc2nc(C3CC3)ncc2C1. The number of nitrogens with one attached hydrogen (secondary N) is 1. The van der Waals surface area contributed by atoms with Crippen LogP contribution in [0.15, 0.2) is 12.5 Å². The Balaban J connectivity index is 1.50. The van der Waals surface area contributed by atoms with Crippen molar-refractivity contribution in [1.29, 1.82) is 0 Å². The Labute approximate surface area is 118 Å². The average molecular weight is 269 g/mol. The largest absolute Gasteiger partial charge is 0.348 e. The topological polar surface area (TPSA) is 57.7 Å². The van der Waals surface area contributed by atoms with Crippen molar-refractivity contribution in [3.63, 3.8) is 0 Å². The molecule has 4 rings (SSSR count). The van der Waals surface area contributed by atoms with Crippen molar-refractivity contribution in [1.82, 2.24) is 24.8 Å². The van der Waals surface area contributed by atoms with Crippen LogP contribution in [0.4, 0.5) is 0 Å². The number of fused-ring (bicyclic) bond motifs is 1. The third-order valence-electron chi connectivity index (χ3n) is 4.28. The summed E-state index contributed by atoms with van der Waals surface area (Å²) in [6.07, 6.45) is 7.38. The highest BCUT2D eigenvalue weighted by molar-refractivity contribution is 5.23. The van der Waals surface area contributed by atoms with Crippen molar-refractivity contribution < 1.29 is 0 Å². The minimum Gasteiger partial charge on any atom is -0.348 e. The normalized spacial score (nSPS) is 19.1. The molecule has 0 saturated heterocycles. The maximum atomic E-state index is 4.76. The Kier molecular flexibility index (Phi) is 2.80. The van der Waals surface area contributed by atoms with Gasteiger partial charge in [-0.1, -0.05) is 0 Å². The minimum absolute atomic E-state index is 0.644. The molecular weight excluding hydrogens is 250 g/mol. The summed E-state index contributed by atoms with van der Waals surface area (Å²) in [7, 11) is 0. The first-order chi connectivity index (χ1) is 9.79. The Bertz CT molecular complexity index is 629. The van der Waals surface area contributed by atoms with Gasteiger partial charge in [0.15, 0.2) is 0 Å². The molecule has 1 N–H and O–H groups in total. The Morgan fingerprint density at radius 3 is 3.00 bits per heavy atom. The molecule has 1 aliphatic carbocycles. The van der Waals surface area contributed by atoms with Crippen LogP contribution in [0.1, 0.15) is 47.2 Å². The molecule has 5 nitrogen and oxygen atoms in total. The van der Waals surface area contributed by atoms with E-state index < -0.39 is 0 Å². The lowest BCUT2D eigenvalue weighted by atomic mass is 10.1. The molecule has 20 heavy (non-hydrogen) atoms. The molecule has 5 heteroatoms. The van der Waals surface area contributed by atoms with Gasteiger partial charge in [-0.05, 0) is 19.8 Å². The molecule has 104 valence electrons. The summed E-state index contributed by atoms with van der Waals surface area (Å²) in [5.74, 6) is 1.71. The summed E-state index contributed by atoms with van der Waals surface area (Å²) in [6.45, 7) is 4.97. The van der Waals surface area contributed by atoms with Gasteiger partial charge < -0.3 is 4.98 Å². The number of hydrogen-bond acceptors (Lipinski definition) is 4. The molecule has 0 amide bonds. The van der Waals surface area contributed by atoms with E-state index in [1.807, 2.05) is 6.20 Å². The zero-order chi connectivity index (χ0) is 13.5. The standard InChI is InChI=1S/C15H19N5/c1-10-14(18-9-17-10)8-20-5-4-13-12(7-20)6-16-15(19-13)11-2-3-11/h6,9,11H,2-5,7-8H2,1H3,(H,17,18). The highest BCUT2D eigenvalue weighted by Gasteiger charge is 2.28. The summed E-state index contributed by atoms with van der Waals surface area (Å²) in [4.78, 5) is 19.3. The van der Waals surface area contributed by atoms with Gasteiger partial charge in [-0.3, -0.25) is 4.90 Å². The molecule has 0 unspecified atom stereocenters. The van der Waals surface area contributed by atoms with Crippen LogP contribution >= 0.6 is 0 Å². The van der Waals surface area contributed by atoms with Crippen LogP contribution in [0.5, 0.6) is 0 Å². The van der Waals surface area contributed by atoms with Gasteiger partial charge in [-0.25, -0.2) is 15.0 Å². The molecule has 0 aromatic carbocycles. The van der Waals surface area contributed by atoms with Gasteiger partial charge >= 0.3 is 0 Å². The van der Waals surface area contributed by atoms with E-state index in [1.165, 1.54) is 24.1 Å². The Hall–Kier alpha value is -1.75. The lowest BCUT2D eigenvalue weighted by molar-refractivity contribution is 0.239. The van der Waals surface area contributed by atoms with Crippen LogP contribution in [0.3, 0.4) is 0 Å². The van der Waals surface area contributed by atoms with Crippen molar-refractivity contribution in [3.05, 3.63) is 41.0 Å². The number of nitrogens with zero attached hydrogens (tertiary/aromatic N) is 4. The van der Waals surface area contributed by atoms with Gasteiger partial charge in [-0.2, -0.15) is 0 Å². The molecule has 2 aromatic rings. The molecule has 0 bridgehead atoms. The lowest BCUT2D eigenvalue weighted by Gasteiger charge is -2.27. The Morgan fingerprint density at radius 2 is 2.25 bits per heavy atom. The monoisotopic (exact) mass is 269 g/mol. The summed E-state index contributed by atoms with van der Waals surface area (Å²) in [5, 5.41) is 0. The van der Waals surface area contributed by atoms with Gasteiger partial charge in [0, 0.05) is 55.1 Å². The van der Waals surface area contributed by atoms with E-state index in [1.54, 1.807) is 6.33 Å². The second-order valence-corrected chi connectivity index (χ2v) is 5.91. The minimum atomic E-state index is 0.644. The fraction of sp³-hybridized carbons (Fsp3) is 0.533. The molecule has 1 fully saturated rings. The zero-order valence-electron chi connectivity index (χ0n) is 11.8. The maximum absolute atomic E-state index is 4.76. The first-order valence-corrected chi connectivity index (χ1v) is 7.35. The summed E-state index contributed by atoms with van der Waals surface area (Å²) in [6, 6.07) is 0. The molecule has 0 atom stereocenters. The number of aryl methyl sites for hydroxylation is 1. The predicted molar refractivity (Wildman–Crippen MR) is 75.1 cm³/mol. The van der Waals surface area contributed by atoms with Gasteiger partial charge in [0.1, 0.15) is 5.82 Å². The average Bonchev–Trinajstić information content (AvgIpc) is 3.24. The summed E-state index contributed by atoms with van der Waals surface area (Å²) >= 11 is 0. The molecule has 0 radical (unpaired) electrons. The van der Waals surface area contributed by atoms with E-state index in [2.05, 4.69) is 26.8 Å². The van der Waals surface area contributed by atoms with E-state index in [0.717, 1.165) is 43.3 Å². The van der Waals surface area contributed by atoms with Gasteiger partial charge in [0.05, 0.1) is 12.0 Å². The van der Waals surface area contributed by atoms with Crippen LogP contribution < -0.4 is 0 Å².